The second kappa shape index (κ2) is 6.00. The lowest BCUT2D eigenvalue weighted by molar-refractivity contribution is 0.0950. The van der Waals surface area contributed by atoms with E-state index in [0.717, 1.165) is 28.0 Å². The SMILES string of the molecule is O=C(NCc1ccccn1)c1ccc2[nH]c(-c3ccn[nH]3)cc2c1. The Morgan fingerprint density at radius 2 is 2.00 bits per heavy atom. The van der Waals surface area contributed by atoms with Crippen molar-refractivity contribution >= 4 is 16.8 Å². The number of carbonyl (C=O) groups is 1. The fourth-order valence-corrected chi connectivity index (χ4v) is 2.60. The maximum atomic E-state index is 12.3. The lowest BCUT2D eigenvalue weighted by Gasteiger charge is -2.04. The summed E-state index contributed by atoms with van der Waals surface area (Å²) in [5.41, 5.74) is 4.27. The van der Waals surface area contributed by atoms with Crippen molar-refractivity contribution in [2.75, 3.05) is 0 Å². The molecule has 0 saturated heterocycles. The number of pyridine rings is 1. The third-order valence-electron chi connectivity index (χ3n) is 3.83. The summed E-state index contributed by atoms with van der Waals surface area (Å²) in [6.45, 7) is 0.407. The lowest BCUT2D eigenvalue weighted by Crippen LogP contribution is -2.23. The van der Waals surface area contributed by atoms with Crippen LogP contribution >= 0.6 is 0 Å². The quantitative estimate of drug-likeness (QED) is 0.541. The maximum absolute atomic E-state index is 12.3. The van der Waals surface area contributed by atoms with Gasteiger partial charge in [0.1, 0.15) is 0 Å². The molecule has 0 saturated carbocycles. The molecule has 0 spiro atoms. The van der Waals surface area contributed by atoms with Gasteiger partial charge < -0.3 is 10.3 Å². The van der Waals surface area contributed by atoms with Crippen LogP contribution in [0.5, 0.6) is 0 Å². The van der Waals surface area contributed by atoms with E-state index in [1.165, 1.54) is 0 Å². The highest BCUT2D eigenvalue weighted by atomic mass is 16.1. The summed E-state index contributed by atoms with van der Waals surface area (Å²) in [7, 11) is 0. The molecule has 118 valence electrons. The molecular weight excluding hydrogens is 302 g/mol. The molecule has 0 fully saturated rings. The van der Waals surface area contributed by atoms with Crippen LogP contribution < -0.4 is 5.32 Å². The van der Waals surface area contributed by atoms with Crippen LogP contribution in [-0.2, 0) is 6.54 Å². The molecule has 0 radical (unpaired) electrons. The van der Waals surface area contributed by atoms with Gasteiger partial charge in [0, 0.05) is 28.9 Å². The Kier molecular flexibility index (Phi) is 3.55. The van der Waals surface area contributed by atoms with Crippen LogP contribution in [-0.4, -0.2) is 26.1 Å². The van der Waals surface area contributed by atoms with Crippen LogP contribution in [0.25, 0.3) is 22.3 Å². The van der Waals surface area contributed by atoms with Crippen molar-refractivity contribution in [1.82, 2.24) is 25.5 Å². The number of H-pyrrole nitrogens is 2. The highest BCUT2D eigenvalue weighted by molar-refractivity contribution is 5.98. The van der Waals surface area contributed by atoms with Gasteiger partial charge >= 0.3 is 0 Å². The number of hydrogen-bond acceptors (Lipinski definition) is 3. The van der Waals surface area contributed by atoms with Gasteiger partial charge in [0.25, 0.3) is 5.91 Å². The fourth-order valence-electron chi connectivity index (χ4n) is 2.60. The van der Waals surface area contributed by atoms with Crippen LogP contribution in [0.2, 0.25) is 0 Å². The number of benzene rings is 1. The number of fused-ring (bicyclic) bond motifs is 1. The van der Waals surface area contributed by atoms with Crippen LogP contribution in [0.4, 0.5) is 0 Å². The van der Waals surface area contributed by atoms with Gasteiger partial charge in [-0.2, -0.15) is 5.10 Å². The zero-order chi connectivity index (χ0) is 16.4. The third kappa shape index (κ3) is 2.77. The molecule has 0 bridgehead atoms. The van der Waals surface area contributed by atoms with E-state index < -0.39 is 0 Å². The molecule has 3 N–H and O–H groups in total. The molecule has 0 atom stereocenters. The largest absolute Gasteiger partial charge is 0.353 e. The van der Waals surface area contributed by atoms with E-state index in [4.69, 9.17) is 0 Å². The Bertz CT molecular complexity index is 973. The summed E-state index contributed by atoms with van der Waals surface area (Å²) in [5, 5.41) is 10.7. The van der Waals surface area contributed by atoms with Crippen LogP contribution in [0.1, 0.15) is 16.1 Å². The van der Waals surface area contributed by atoms with E-state index in [1.807, 2.05) is 48.5 Å². The van der Waals surface area contributed by atoms with Gasteiger partial charge in [-0.15, -0.1) is 0 Å². The number of rotatable bonds is 4. The van der Waals surface area contributed by atoms with E-state index in [9.17, 15) is 4.79 Å². The highest BCUT2D eigenvalue weighted by Crippen LogP contribution is 2.23. The molecule has 3 aromatic heterocycles. The number of aromatic nitrogens is 4. The minimum absolute atomic E-state index is 0.119. The molecule has 6 nitrogen and oxygen atoms in total. The zero-order valence-corrected chi connectivity index (χ0v) is 12.8. The summed E-state index contributed by atoms with van der Waals surface area (Å²) in [4.78, 5) is 19.8. The number of hydrogen-bond donors (Lipinski definition) is 3. The second-order valence-electron chi connectivity index (χ2n) is 5.46. The van der Waals surface area contributed by atoms with Crippen molar-refractivity contribution in [2.45, 2.75) is 6.54 Å². The normalized spacial score (nSPS) is 10.8. The zero-order valence-electron chi connectivity index (χ0n) is 12.8. The molecule has 6 heteroatoms. The molecule has 4 aromatic rings. The number of aromatic amines is 2. The van der Waals surface area contributed by atoms with Gasteiger partial charge in [0.15, 0.2) is 0 Å². The Labute approximate surface area is 137 Å². The Hall–Kier alpha value is -3.41. The number of nitrogens with zero attached hydrogens (tertiary/aromatic N) is 2. The highest BCUT2D eigenvalue weighted by Gasteiger charge is 2.09. The molecule has 0 unspecified atom stereocenters. The Balaban J connectivity index is 1.55. The van der Waals surface area contributed by atoms with Crippen LogP contribution in [0.3, 0.4) is 0 Å². The first-order chi connectivity index (χ1) is 11.8. The van der Waals surface area contributed by atoms with Crippen molar-refractivity contribution in [3.8, 4) is 11.4 Å². The summed E-state index contributed by atoms with van der Waals surface area (Å²) in [6, 6.07) is 15.1. The molecule has 1 amide bonds. The smallest absolute Gasteiger partial charge is 0.251 e. The predicted octanol–water partition coefficient (Wildman–Crippen LogP) is 2.88. The molecule has 0 aliphatic heterocycles. The van der Waals surface area contributed by atoms with Gasteiger partial charge in [-0.25, -0.2) is 0 Å². The van der Waals surface area contributed by atoms with Gasteiger partial charge in [-0.1, -0.05) is 6.07 Å². The molecule has 3 heterocycles. The summed E-state index contributed by atoms with van der Waals surface area (Å²) >= 11 is 0. The third-order valence-corrected chi connectivity index (χ3v) is 3.83. The number of amides is 1. The topological polar surface area (TPSA) is 86.5 Å². The first-order valence-electron chi connectivity index (χ1n) is 7.60. The predicted molar refractivity (Wildman–Crippen MR) is 91.3 cm³/mol. The molecular formula is C18H15N5O. The van der Waals surface area contributed by atoms with Gasteiger partial charge in [-0.05, 0) is 42.5 Å². The van der Waals surface area contributed by atoms with E-state index in [0.29, 0.717) is 12.1 Å². The lowest BCUT2D eigenvalue weighted by atomic mass is 10.1. The first kappa shape index (κ1) is 14.2. The Morgan fingerprint density at radius 1 is 1.04 bits per heavy atom. The van der Waals surface area contributed by atoms with Crippen LogP contribution in [0, 0.1) is 0 Å². The van der Waals surface area contributed by atoms with Crippen molar-refractivity contribution in [2.24, 2.45) is 0 Å². The standard InChI is InChI=1S/C18H15N5O/c24-18(20-11-14-3-1-2-7-19-14)12-4-5-15-13(9-12)10-17(22-15)16-6-8-21-23-16/h1-10,22H,11H2,(H,20,24)(H,21,23). The second-order valence-corrected chi connectivity index (χ2v) is 5.46. The molecule has 0 aliphatic carbocycles. The van der Waals surface area contributed by atoms with Crippen molar-refractivity contribution in [3.63, 3.8) is 0 Å². The van der Waals surface area contributed by atoms with E-state index in [1.54, 1.807) is 12.4 Å². The molecule has 0 aliphatic rings. The van der Waals surface area contributed by atoms with E-state index >= 15 is 0 Å². The van der Waals surface area contributed by atoms with E-state index in [2.05, 4.69) is 25.5 Å². The summed E-state index contributed by atoms with van der Waals surface area (Å²) in [5.74, 6) is -0.119. The van der Waals surface area contributed by atoms with Crippen molar-refractivity contribution < 1.29 is 4.79 Å². The van der Waals surface area contributed by atoms with Crippen LogP contribution in [0.15, 0.2) is 60.9 Å². The summed E-state index contributed by atoms with van der Waals surface area (Å²) < 4.78 is 0. The van der Waals surface area contributed by atoms with Crippen molar-refractivity contribution in [3.05, 3.63) is 72.2 Å². The Morgan fingerprint density at radius 3 is 2.79 bits per heavy atom. The average Bonchev–Trinajstić information content (AvgIpc) is 3.28. The maximum Gasteiger partial charge on any atom is 0.251 e. The number of nitrogens with one attached hydrogen (secondary N) is 3. The monoisotopic (exact) mass is 317 g/mol. The number of carbonyl (C=O) groups excluding carboxylic acids is 1. The van der Waals surface area contributed by atoms with E-state index in [-0.39, 0.29) is 5.91 Å². The average molecular weight is 317 g/mol. The molecule has 1 aromatic carbocycles. The van der Waals surface area contributed by atoms with Gasteiger partial charge in [0.05, 0.1) is 23.6 Å². The summed E-state index contributed by atoms with van der Waals surface area (Å²) in [6.07, 6.45) is 3.42. The first-order valence-corrected chi connectivity index (χ1v) is 7.60. The van der Waals surface area contributed by atoms with Gasteiger partial charge in [-0.3, -0.25) is 14.9 Å². The molecule has 24 heavy (non-hydrogen) atoms. The fraction of sp³-hybridized carbons (Fsp3) is 0.0556. The minimum atomic E-state index is -0.119. The van der Waals surface area contributed by atoms with Crippen molar-refractivity contribution in [1.29, 1.82) is 0 Å². The molecule has 4 rings (SSSR count). The minimum Gasteiger partial charge on any atom is -0.353 e. The van der Waals surface area contributed by atoms with Gasteiger partial charge in [0.2, 0.25) is 0 Å².